The number of thiazole rings is 1. The molecule has 1 aliphatic rings. The average Bonchev–Trinajstić information content (AvgIpc) is 3.46. The third-order valence-corrected chi connectivity index (χ3v) is 5.36. The molecule has 0 spiro atoms. The SMILES string of the molecule is O=C(Nc1nc(CC(=O)N2CCN(C(=O)c3ccco3)CC2)cs1)c1cnccn1. The van der Waals surface area contributed by atoms with Crippen molar-refractivity contribution in [2.24, 2.45) is 0 Å². The van der Waals surface area contributed by atoms with Crippen LogP contribution in [0.15, 0.2) is 46.8 Å². The van der Waals surface area contributed by atoms with Crippen molar-refractivity contribution in [1.29, 1.82) is 0 Å². The number of amides is 3. The number of anilines is 1. The predicted molar refractivity (Wildman–Crippen MR) is 107 cm³/mol. The Kier molecular flexibility index (Phi) is 5.80. The lowest BCUT2D eigenvalue weighted by Gasteiger charge is -2.34. The fourth-order valence-corrected chi connectivity index (χ4v) is 3.71. The van der Waals surface area contributed by atoms with Crippen LogP contribution in [0.25, 0.3) is 0 Å². The number of aromatic nitrogens is 3. The summed E-state index contributed by atoms with van der Waals surface area (Å²) in [4.78, 5) is 52.5. The van der Waals surface area contributed by atoms with Crippen molar-refractivity contribution in [1.82, 2.24) is 24.8 Å². The van der Waals surface area contributed by atoms with Crippen molar-refractivity contribution in [3.63, 3.8) is 0 Å². The van der Waals surface area contributed by atoms with Crippen LogP contribution in [0.1, 0.15) is 26.7 Å². The van der Waals surface area contributed by atoms with E-state index in [1.807, 2.05) is 0 Å². The van der Waals surface area contributed by atoms with Crippen molar-refractivity contribution in [2.75, 3.05) is 31.5 Å². The molecule has 1 N–H and O–H groups in total. The molecule has 0 unspecified atom stereocenters. The van der Waals surface area contributed by atoms with E-state index in [0.29, 0.717) is 42.8 Å². The predicted octanol–water partition coefficient (Wildman–Crippen LogP) is 1.31. The first kappa shape index (κ1) is 19.7. The highest BCUT2D eigenvalue weighted by Gasteiger charge is 2.26. The molecule has 30 heavy (non-hydrogen) atoms. The summed E-state index contributed by atoms with van der Waals surface area (Å²) in [6.45, 7) is 1.79. The Morgan fingerprint density at radius 1 is 1.13 bits per heavy atom. The topological polar surface area (TPSA) is 122 Å². The van der Waals surface area contributed by atoms with Crippen LogP contribution in [0.5, 0.6) is 0 Å². The maximum absolute atomic E-state index is 12.6. The third kappa shape index (κ3) is 4.51. The zero-order valence-corrected chi connectivity index (χ0v) is 16.7. The summed E-state index contributed by atoms with van der Waals surface area (Å²) in [6.07, 6.45) is 5.87. The van der Waals surface area contributed by atoms with Crippen LogP contribution in [0, 0.1) is 0 Å². The second-order valence-corrected chi connectivity index (χ2v) is 7.37. The first-order chi connectivity index (χ1) is 14.6. The normalized spacial score (nSPS) is 13.9. The van der Waals surface area contributed by atoms with Gasteiger partial charge in [0, 0.05) is 44.0 Å². The quantitative estimate of drug-likeness (QED) is 0.653. The summed E-state index contributed by atoms with van der Waals surface area (Å²) < 4.78 is 5.14. The molecule has 0 atom stereocenters. The number of furan rings is 1. The summed E-state index contributed by atoms with van der Waals surface area (Å²) in [5.74, 6) is -0.353. The third-order valence-electron chi connectivity index (χ3n) is 4.55. The van der Waals surface area contributed by atoms with Gasteiger partial charge < -0.3 is 14.2 Å². The molecule has 0 radical (unpaired) electrons. The number of hydrogen-bond acceptors (Lipinski definition) is 8. The van der Waals surface area contributed by atoms with Crippen LogP contribution in [-0.4, -0.2) is 68.7 Å². The molecule has 4 heterocycles. The summed E-state index contributed by atoms with van der Waals surface area (Å²) in [5.41, 5.74) is 0.765. The van der Waals surface area contributed by atoms with Gasteiger partial charge in [-0.2, -0.15) is 0 Å². The van der Waals surface area contributed by atoms with E-state index in [2.05, 4.69) is 20.3 Å². The van der Waals surface area contributed by atoms with E-state index >= 15 is 0 Å². The van der Waals surface area contributed by atoms with Crippen molar-refractivity contribution in [2.45, 2.75) is 6.42 Å². The molecule has 3 aromatic heterocycles. The van der Waals surface area contributed by atoms with Crippen LogP contribution < -0.4 is 5.32 Å². The van der Waals surface area contributed by atoms with Crippen molar-refractivity contribution in [3.8, 4) is 0 Å². The van der Waals surface area contributed by atoms with Gasteiger partial charge in [-0.05, 0) is 12.1 Å². The Balaban J connectivity index is 1.28. The number of nitrogens with zero attached hydrogens (tertiary/aromatic N) is 5. The molecule has 3 amide bonds. The number of carbonyl (C=O) groups excluding carboxylic acids is 3. The van der Waals surface area contributed by atoms with Gasteiger partial charge >= 0.3 is 0 Å². The van der Waals surface area contributed by atoms with E-state index < -0.39 is 5.91 Å². The second kappa shape index (κ2) is 8.82. The average molecular weight is 426 g/mol. The maximum atomic E-state index is 12.6. The molecule has 0 saturated carbocycles. The van der Waals surface area contributed by atoms with Crippen LogP contribution >= 0.6 is 11.3 Å². The molecular formula is C19H18N6O4S. The Labute approximate surface area is 175 Å². The van der Waals surface area contributed by atoms with Gasteiger partial charge in [0.1, 0.15) is 5.69 Å². The van der Waals surface area contributed by atoms with Crippen LogP contribution in [-0.2, 0) is 11.2 Å². The summed E-state index contributed by atoms with van der Waals surface area (Å²) in [7, 11) is 0. The number of piperazine rings is 1. The molecule has 0 aromatic carbocycles. The smallest absolute Gasteiger partial charge is 0.289 e. The minimum atomic E-state index is -0.410. The molecular weight excluding hydrogens is 408 g/mol. The fourth-order valence-electron chi connectivity index (χ4n) is 3.00. The van der Waals surface area contributed by atoms with Gasteiger partial charge in [0.15, 0.2) is 10.9 Å². The van der Waals surface area contributed by atoms with Gasteiger partial charge in [-0.15, -0.1) is 11.3 Å². The standard InChI is InChI=1S/C19H18N6O4S/c26-16(24-5-7-25(8-6-24)18(28)15-2-1-9-29-15)10-13-12-30-19(22-13)23-17(27)14-11-20-3-4-21-14/h1-4,9,11-12H,5-8,10H2,(H,22,23,27). The lowest BCUT2D eigenvalue weighted by molar-refractivity contribution is -0.132. The number of hydrogen-bond donors (Lipinski definition) is 1. The van der Waals surface area contributed by atoms with E-state index in [4.69, 9.17) is 4.42 Å². The van der Waals surface area contributed by atoms with E-state index in [1.54, 1.807) is 27.3 Å². The lowest BCUT2D eigenvalue weighted by Crippen LogP contribution is -2.50. The van der Waals surface area contributed by atoms with Gasteiger partial charge in [0.05, 0.1) is 24.6 Å². The first-order valence-electron chi connectivity index (χ1n) is 9.22. The largest absolute Gasteiger partial charge is 0.459 e. The van der Waals surface area contributed by atoms with Gasteiger partial charge in [-0.25, -0.2) is 9.97 Å². The molecule has 4 rings (SSSR count). The second-order valence-electron chi connectivity index (χ2n) is 6.52. The van der Waals surface area contributed by atoms with Gasteiger partial charge in [-0.1, -0.05) is 0 Å². The van der Waals surface area contributed by atoms with Gasteiger partial charge in [0.25, 0.3) is 11.8 Å². The number of carbonyl (C=O) groups is 3. The van der Waals surface area contributed by atoms with Gasteiger partial charge in [0.2, 0.25) is 5.91 Å². The minimum absolute atomic E-state index is 0.0720. The van der Waals surface area contributed by atoms with Crippen molar-refractivity contribution < 1.29 is 18.8 Å². The van der Waals surface area contributed by atoms with E-state index in [1.165, 1.54) is 36.2 Å². The molecule has 10 nitrogen and oxygen atoms in total. The zero-order chi connectivity index (χ0) is 20.9. The van der Waals surface area contributed by atoms with Crippen molar-refractivity contribution >= 4 is 34.2 Å². The van der Waals surface area contributed by atoms with E-state index in [0.717, 1.165) is 0 Å². The highest BCUT2D eigenvalue weighted by Crippen LogP contribution is 2.18. The molecule has 0 bridgehead atoms. The summed E-state index contributed by atoms with van der Waals surface area (Å²) >= 11 is 1.24. The molecule has 3 aromatic rings. The van der Waals surface area contributed by atoms with E-state index in [-0.39, 0.29) is 23.9 Å². The number of nitrogens with one attached hydrogen (secondary N) is 1. The minimum Gasteiger partial charge on any atom is -0.459 e. The Morgan fingerprint density at radius 3 is 2.63 bits per heavy atom. The Morgan fingerprint density at radius 2 is 1.93 bits per heavy atom. The highest BCUT2D eigenvalue weighted by atomic mass is 32.1. The molecule has 1 fully saturated rings. The van der Waals surface area contributed by atoms with E-state index in [9.17, 15) is 14.4 Å². The molecule has 154 valence electrons. The zero-order valence-electron chi connectivity index (χ0n) is 15.9. The van der Waals surface area contributed by atoms with Crippen LogP contribution in [0.3, 0.4) is 0 Å². The molecule has 1 saturated heterocycles. The number of rotatable bonds is 5. The van der Waals surface area contributed by atoms with Gasteiger partial charge in [-0.3, -0.25) is 24.7 Å². The maximum Gasteiger partial charge on any atom is 0.289 e. The Hall–Kier alpha value is -3.60. The highest BCUT2D eigenvalue weighted by molar-refractivity contribution is 7.14. The monoisotopic (exact) mass is 426 g/mol. The molecule has 1 aliphatic heterocycles. The fraction of sp³-hybridized carbons (Fsp3) is 0.263. The van der Waals surface area contributed by atoms with Crippen LogP contribution in [0.4, 0.5) is 5.13 Å². The Bertz CT molecular complexity index is 1030. The summed E-state index contributed by atoms with van der Waals surface area (Å²) in [6, 6.07) is 3.30. The first-order valence-corrected chi connectivity index (χ1v) is 10.1. The molecule has 0 aliphatic carbocycles. The van der Waals surface area contributed by atoms with Crippen LogP contribution in [0.2, 0.25) is 0 Å². The molecule has 11 heteroatoms. The lowest BCUT2D eigenvalue weighted by atomic mass is 10.2. The summed E-state index contributed by atoms with van der Waals surface area (Å²) in [5, 5.41) is 4.78. The van der Waals surface area contributed by atoms with Crippen molar-refractivity contribution in [3.05, 3.63) is 59.5 Å².